The van der Waals surface area contributed by atoms with Crippen LogP contribution >= 0.6 is 0 Å². The Morgan fingerprint density at radius 1 is 1.31 bits per heavy atom. The molecule has 0 amide bonds. The Morgan fingerprint density at radius 2 is 2.00 bits per heavy atom. The number of nitrogens with one attached hydrogen (secondary N) is 2. The first-order valence-electron chi connectivity index (χ1n) is 5.40. The van der Waals surface area contributed by atoms with Gasteiger partial charge in [-0.15, -0.1) is 0 Å². The second-order valence-electron chi connectivity index (χ2n) is 3.93. The van der Waals surface area contributed by atoms with Crippen LogP contribution in [0.3, 0.4) is 0 Å². The second-order valence-corrected chi connectivity index (χ2v) is 5.81. The summed E-state index contributed by atoms with van der Waals surface area (Å²) in [6.07, 6.45) is 2.30. The maximum Gasteiger partial charge on any atom is 0.240 e. The molecule has 4 nitrogen and oxygen atoms in total. The van der Waals surface area contributed by atoms with Gasteiger partial charge in [0.15, 0.2) is 0 Å². The van der Waals surface area contributed by atoms with E-state index >= 15 is 0 Å². The fraction of sp³-hybridized carbons (Fsp3) is 0.455. The summed E-state index contributed by atoms with van der Waals surface area (Å²) >= 11 is 0. The normalized spacial score (nSPS) is 21.2. The standard InChI is InChI=1S/C11H16N2O2S/c1-12-16(14,15)10-6-4-9(5-7-10)11-3-2-8-13-11/h4-7,11-13H,2-3,8H2,1H3. The van der Waals surface area contributed by atoms with Crippen LogP contribution in [0.2, 0.25) is 0 Å². The molecule has 16 heavy (non-hydrogen) atoms. The number of hydrogen-bond acceptors (Lipinski definition) is 3. The Hall–Kier alpha value is -0.910. The Morgan fingerprint density at radius 3 is 2.50 bits per heavy atom. The molecule has 1 heterocycles. The van der Waals surface area contributed by atoms with Gasteiger partial charge in [-0.3, -0.25) is 0 Å². The molecule has 0 bridgehead atoms. The first-order chi connectivity index (χ1) is 7.63. The van der Waals surface area contributed by atoms with Crippen LogP contribution in [-0.2, 0) is 10.0 Å². The molecule has 1 aromatic carbocycles. The van der Waals surface area contributed by atoms with Crippen LogP contribution in [0.5, 0.6) is 0 Å². The molecule has 1 fully saturated rings. The molecule has 1 atom stereocenters. The third-order valence-corrected chi connectivity index (χ3v) is 4.35. The highest BCUT2D eigenvalue weighted by Crippen LogP contribution is 2.23. The summed E-state index contributed by atoms with van der Waals surface area (Å²) in [6.45, 7) is 1.04. The highest BCUT2D eigenvalue weighted by atomic mass is 32.2. The zero-order valence-corrected chi connectivity index (χ0v) is 10.0. The van der Waals surface area contributed by atoms with Gasteiger partial charge < -0.3 is 5.32 Å². The molecule has 0 spiro atoms. The van der Waals surface area contributed by atoms with Crippen molar-refractivity contribution in [2.24, 2.45) is 0 Å². The van der Waals surface area contributed by atoms with Crippen LogP contribution in [0.15, 0.2) is 29.2 Å². The molecule has 1 aliphatic rings. The predicted octanol–water partition coefficient (Wildman–Crippen LogP) is 1.02. The van der Waals surface area contributed by atoms with Gasteiger partial charge in [-0.05, 0) is 44.1 Å². The summed E-state index contributed by atoms with van der Waals surface area (Å²) in [6, 6.07) is 7.45. The lowest BCUT2D eigenvalue weighted by Crippen LogP contribution is -2.19. The molecule has 0 aromatic heterocycles. The Bertz CT molecular complexity index is 447. The van der Waals surface area contributed by atoms with E-state index in [4.69, 9.17) is 0 Å². The van der Waals surface area contributed by atoms with Gasteiger partial charge in [-0.2, -0.15) is 0 Å². The molecule has 1 unspecified atom stereocenters. The molecule has 2 rings (SSSR count). The van der Waals surface area contributed by atoms with Crippen LogP contribution in [0.1, 0.15) is 24.4 Å². The molecule has 1 aromatic rings. The van der Waals surface area contributed by atoms with Gasteiger partial charge in [0, 0.05) is 6.04 Å². The van der Waals surface area contributed by atoms with E-state index in [1.54, 1.807) is 12.1 Å². The average molecular weight is 240 g/mol. The lowest BCUT2D eigenvalue weighted by molar-refractivity contribution is 0.588. The zero-order valence-electron chi connectivity index (χ0n) is 9.23. The third kappa shape index (κ3) is 2.26. The van der Waals surface area contributed by atoms with Crippen molar-refractivity contribution in [1.29, 1.82) is 0 Å². The van der Waals surface area contributed by atoms with Gasteiger partial charge in [0.05, 0.1) is 4.90 Å². The van der Waals surface area contributed by atoms with Crippen molar-refractivity contribution in [2.75, 3.05) is 13.6 Å². The third-order valence-electron chi connectivity index (χ3n) is 2.92. The minimum absolute atomic E-state index is 0.316. The van der Waals surface area contributed by atoms with Crippen LogP contribution < -0.4 is 10.0 Å². The van der Waals surface area contributed by atoms with E-state index in [0.29, 0.717) is 10.9 Å². The first kappa shape index (κ1) is 11.6. The monoisotopic (exact) mass is 240 g/mol. The minimum Gasteiger partial charge on any atom is -0.310 e. The highest BCUT2D eigenvalue weighted by molar-refractivity contribution is 7.89. The van der Waals surface area contributed by atoms with Gasteiger partial charge >= 0.3 is 0 Å². The van der Waals surface area contributed by atoms with Gasteiger partial charge in [-0.25, -0.2) is 13.1 Å². The van der Waals surface area contributed by atoms with Crippen LogP contribution in [0.25, 0.3) is 0 Å². The summed E-state index contributed by atoms with van der Waals surface area (Å²) < 4.78 is 25.3. The Balaban J connectivity index is 2.22. The van der Waals surface area contributed by atoms with Crippen molar-refractivity contribution >= 4 is 10.0 Å². The summed E-state index contributed by atoms with van der Waals surface area (Å²) in [4.78, 5) is 0.316. The number of sulfonamides is 1. The van der Waals surface area contributed by atoms with Crippen molar-refractivity contribution in [3.05, 3.63) is 29.8 Å². The maximum atomic E-state index is 11.5. The maximum absolute atomic E-state index is 11.5. The van der Waals surface area contributed by atoms with Gasteiger partial charge in [0.2, 0.25) is 10.0 Å². The number of hydrogen-bond donors (Lipinski definition) is 2. The predicted molar refractivity (Wildman–Crippen MR) is 62.7 cm³/mol. The fourth-order valence-corrected chi connectivity index (χ4v) is 2.70. The number of benzene rings is 1. The van der Waals surface area contributed by atoms with E-state index in [2.05, 4.69) is 10.0 Å². The molecular formula is C11H16N2O2S. The van der Waals surface area contributed by atoms with Gasteiger partial charge in [-0.1, -0.05) is 12.1 Å². The molecule has 2 N–H and O–H groups in total. The molecule has 0 saturated carbocycles. The quantitative estimate of drug-likeness (QED) is 0.829. The van der Waals surface area contributed by atoms with Crippen molar-refractivity contribution in [1.82, 2.24) is 10.0 Å². The lowest BCUT2D eigenvalue weighted by Gasteiger charge is -2.11. The highest BCUT2D eigenvalue weighted by Gasteiger charge is 2.17. The topological polar surface area (TPSA) is 58.2 Å². The molecule has 5 heteroatoms. The van der Waals surface area contributed by atoms with Crippen molar-refractivity contribution in [3.8, 4) is 0 Å². The Kier molecular flexibility index (Phi) is 3.28. The second kappa shape index (κ2) is 4.53. The van der Waals surface area contributed by atoms with Gasteiger partial charge in [0.1, 0.15) is 0 Å². The van der Waals surface area contributed by atoms with E-state index in [-0.39, 0.29) is 0 Å². The average Bonchev–Trinajstić information content (AvgIpc) is 2.83. The van der Waals surface area contributed by atoms with Crippen molar-refractivity contribution in [2.45, 2.75) is 23.8 Å². The molecule has 1 aliphatic heterocycles. The molecular weight excluding hydrogens is 224 g/mol. The summed E-state index contributed by atoms with van der Waals surface area (Å²) in [5, 5.41) is 3.38. The summed E-state index contributed by atoms with van der Waals surface area (Å²) in [7, 11) is -1.89. The Labute approximate surface area is 96.1 Å². The van der Waals surface area contributed by atoms with E-state index in [9.17, 15) is 8.42 Å². The van der Waals surface area contributed by atoms with Crippen molar-refractivity contribution < 1.29 is 8.42 Å². The van der Waals surface area contributed by atoms with E-state index in [1.807, 2.05) is 12.1 Å². The summed E-state index contributed by atoms with van der Waals surface area (Å²) in [5.74, 6) is 0. The minimum atomic E-state index is -3.31. The largest absolute Gasteiger partial charge is 0.310 e. The van der Waals surface area contributed by atoms with Gasteiger partial charge in [0.25, 0.3) is 0 Å². The van der Waals surface area contributed by atoms with Crippen LogP contribution in [0, 0.1) is 0 Å². The van der Waals surface area contributed by atoms with Crippen LogP contribution in [-0.4, -0.2) is 22.0 Å². The lowest BCUT2D eigenvalue weighted by atomic mass is 10.1. The van der Waals surface area contributed by atoms with E-state index in [0.717, 1.165) is 18.5 Å². The molecule has 0 radical (unpaired) electrons. The SMILES string of the molecule is CNS(=O)(=O)c1ccc(C2CCCN2)cc1. The molecule has 88 valence electrons. The molecule has 0 aliphatic carbocycles. The van der Waals surface area contributed by atoms with Crippen molar-refractivity contribution in [3.63, 3.8) is 0 Å². The first-order valence-corrected chi connectivity index (χ1v) is 6.89. The number of rotatable bonds is 3. The van der Waals surface area contributed by atoms with Crippen LogP contribution in [0.4, 0.5) is 0 Å². The zero-order chi connectivity index (χ0) is 11.6. The smallest absolute Gasteiger partial charge is 0.240 e. The fourth-order valence-electron chi connectivity index (χ4n) is 1.97. The van der Waals surface area contributed by atoms with E-state index in [1.165, 1.54) is 13.5 Å². The molecule has 1 saturated heterocycles. The van der Waals surface area contributed by atoms with E-state index < -0.39 is 10.0 Å². The summed E-state index contributed by atoms with van der Waals surface area (Å²) in [5.41, 5.74) is 1.16.